The lowest BCUT2D eigenvalue weighted by Crippen LogP contribution is -2.29. The summed E-state index contributed by atoms with van der Waals surface area (Å²) in [4.78, 5) is 25.4. The minimum atomic E-state index is 0.274. The van der Waals surface area contributed by atoms with Gasteiger partial charge in [0, 0.05) is 25.9 Å². The highest BCUT2D eigenvalue weighted by Crippen LogP contribution is 2.24. The Kier molecular flexibility index (Phi) is 40.3. The number of hydrogen-bond donors (Lipinski definition) is 2. The van der Waals surface area contributed by atoms with Crippen LogP contribution in [0.3, 0.4) is 0 Å². The van der Waals surface area contributed by atoms with Gasteiger partial charge in [-0.05, 0) is 56.3 Å². The van der Waals surface area contributed by atoms with Crippen LogP contribution in [0.5, 0.6) is 0 Å². The van der Waals surface area contributed by atoms with Crippen LogP contribution in [0.15, 0.2) is 0 Å². The predicted molar refractivity (Wildman–Crippen MR) is 231 cm³/mol. The molecule has 52 heavy (non-hydrogen) atoms. The van der Waals surface area contributed by atoms with Gasteiger partial charge in [-0.25, -0.2) is 0 Å². The second-order valence-electron chi connectivity index (χ2n) is 17.0. The standard InChI is InChI=1S/C48H96N2O2/c1-6-11-15-19-21-27-38-45(36-25-17-13-8-3)42-49-47(51)40-31-23-29-34-44(33-10-5)35-30-24-32-41-48(52)50-43-46(37-26-18-14-9-4)39-28-22-20-16-12-7-2/h44-46H,6-43H2,1-5H3,(H,49,51)(H,50,52). The van der Waals surface area contributed by atoms with Crippen molar-refractivity contribution in [2.45, 2.75) is 266 Å². The fraction of sp³-hybridized carbons (Fsp3) is 0.958. The zero-order valence-electron chi connectivity index (χ0n) is 36.4. The van der Waals surface area contributed by atoms with Crippen LogP contribution < -0.4 is 10.6 Å². The first-order chi connectivity index (χ1) is 25.5. The molecule has 0 aliphatic heterocycles. The molecule has 0 saturated heterocycles. The Morgan fingerprint density at radius 1 is 0.308 bits per heavy atom. The molecule has 0 saturated carbocycles. The molecule has 0 aromatic rings. The molecule has 0 aliphatic carbocycles. The number of hydrogen-bond acceptors (Lipinski definition) is 2. The van der Waals surface area contributed by atoms with Crippen molar-refractivity contribution in [1.82, 2.24) is 10.6 Å². The largest absolute Gasteiger partial charge is 0.356 e. The Labute approximate surface area is 327 Å². The maximum atomic E-state index is 12.7. The topological polar surface area (TPSA) is 58.2 Å². The van der Waals surface area contributed by atoms with Gasteiger partial charge in [0.05, 0.1) is 0 Å². The Morgan fingerprint density at radius 2 is 0.577 bits per heavy atom. The van der Waals surface area contributed by atoms with Gasteiger partial charge < -0.3 is 10.6 Å². The van der Waals surface area contributed by atoms with E-state index in [0.717, 1.165) is 31.8 Å². The first kappa shape index (κ1) is 50.9. The third kappa shape index (κ3) is 35.9. The van der Waals surface area contributed by atoms with Crippen LogP contribution in [0, 0.1) is 17.8 Å². The maximum Gasteiger partial charge on any atom is 0.220 e. The second-order valence-corrected chi connectivity index (χ2v) is 17.0. The van der Waals surface area contributed by atoms with Gasteiger partial charge in [0.15, 0.2) is 0 Å². The molecule has 2 unspecified atom stereocenters. The number of carbonyl (C=O) groups is 2. The first-order valence-electron chi connectivity index (χ1n) is 24.0. The van der Waals surface area contributed by atoms with Crippen LogP contribution in [0.2, 0.25) is 0 Å². The molecule has 0 fully saturated rings. The number of nitrogens with one attached hydrogen (secondary N) is 2. The van der Waals surface area contributed by atoms with Gasteiger partial charge >= 0.3 is 0 Å². The minimum absolute atomic E-state index is 0.274. The van der Waals surface area contributed by atoms with Gasteiger partial charge in [0.1, 0.15) is 0 Å². The fourth-order valence-corrected chi connectivity index (χ4v) is 8.17. The molecule has 310 valence electrons. The minimum Gasteiger partial charge on any atom is -0.356 e. The van der Waals surface area contributed by atoms with Crippen molar-refractivity contribution in [3.63, 3.8) is 0 Å². The van der Waals surface area contributed by atoms with E-state index in [1.165, 1.54) is 205 Å². The van der Waals surface area contributed by atoms with E-state index in [2.05, 4.69) is 45.3 Å². The molecule has 4 nitrogen and oxygen atoms in total. The SMILES string of the molecule is CCCCCCCCC(CCCCCC)CNC(=O)CCCCCC(CCC)CCCCCC(=O)NCC(CCCCCC)CCCCCCCC. The van der Waals surface area contributed by atoms with Gasteiger partial charge in [-0.1, -0.05) is 214 Å². The lowest BCUT2D eigenvalue weighted by molar-refractivity contribution is -0.122. The van der Waals surface area contributed by atoms with Crippen molar-refractivity contribution in [1.29, 1.82) is 0 Å². The zero-order chi connectivity index (χ0) is 38.2. The number of amides is 2. The Hall–Kier alpha value is -1.06. The van der Waals surface area contributed by atoms with Crippen molar-refractivity contribution in [2.75, 3.05) is 13.1 Å². The van der Waals surface area contributed by atoms with Gasteiger partial charge in [-0.15, -0.1) is 0 Å². The Morgan fingerprint density at radius 3 is 0.904 bits per heavy atom. The van der Waals surface area contributed by atoms with Crippen molar-refractivity contribution in [2.24, 2.45) is 17.8 Å². The van der Waals surface area contributed by atoms with E-state index < -0.39 is 0 Å². The average Bonchev–Trinajstić information content (AvgIpc) is 3.14. The molecule has 2 amide bonds. The fourth-order valence-electron chi connectivity index (χ4n) is 8.17. The summed E-state index contributed by atoms with van der Waals surface area (Å²) in [6.07, 6.45) is 45.4. The van der Waals surface area contributed by atoms with E-state index in [-0.39, 0.29) is 11.8 Å². The van der Waals surface area contributed by atoms with Crippen LogP contribution in [0.1, 0.15) is 266 Å². The lowest BCUT2D eigenvalue weighted by atomic mass is 9.91. The zero-order valence-corrected chi connectivity index (χ0v) is 36.4. The van der Waals surface area contributed by atoms with E-state index in [0.29, 0.717) is 24.7 Å². The van der Waals surface area contributed by atoms with Crippen molar-refractivity contribution < 1.29 is 9.59 Å². The Bertz CT molecular complexity index is 682. The molecule has 4 heteroatoms. The van der Waals surface area contributed by atoms with Gasteiger partial charge in [0.25, 0.3) is 0 Å². The van der Waals surface area contributed by atoms with Gasteiger partial charge in [-0.3, -0.25) is 9.59 Å². The van der Waals surface area contributed by atoms with Crippen molar-refractivity contribution >= 4 is 11.8 Å². The summed E-state index contributed by atoms with van der Waals surface area (Å²) >= 11 is 0. The van der Waals surface area contributed by atoms with Crippen LogP contribution in [-0.2, 0) is 9.59 Å². The summed E-state index contributed by atoms with van der Waals surface area (Å²) in [6.45, 7) is 13.2. The first-order valence-corrected chi connectivity index (χ1v) is 24.0. The summed E-state index contributed by atoms with van der Waals surface area (Å²) in [5.74, 6) is 2.67. The molecular weight excluding hydrogens is 637 g/mol. The highest BCUT2D eigenvalue weighted by molar-refractivity contribution is 5.76. The predicted octanol–water partition coefficient (Wildman–Crippen LogP) is 15.2. The van der Waals surface area contributed by atoms with Crippen LogP contribution >= 0.6 is 0 Å². The molecule has 0 aliphatic rings. The smallest absolute Gasteiger partial charge is 0.220 e. The van der Waals surface area contributed by atoms with E-state index >= 15 is 0 Å². The molecule has 0 rings (SSSR count). The van der Waals surface area contributed by atoms with Crippen LogP contribution in [0.25, 0.3) is 0 Å². The summed E-state index contributed by atoms with van der Waals surface area (Å²) < 4.78 is 0. The molecule has 0 heterocycles. The molecule has 2 N–H and O–H groups in total. The summed E-state index contributed by atoms with van der Waals surface area (Å²) in [7, 11) is 0. The molecular formula is C48H96N2O2. The summed E-state index contributed by atoms with van der Waals surface area (Å²) in [5, 5.41) is 6.65. The van der Waals surface area contributed by atoms with E-state index in [4.69, 9.17) is 0 Å². The lowest BCUT2D eigenvalue weighted by Gasteiger charge is -2.18. The van der Waals surface area contributed by atoms with Crippen molar-refractivity contribution in [3.05, 3.63) is 0 Å². The molecule has 2 atom stereocenters. The summed E-state index contributed by atoms with van der Waals surface area (Å²) in [6, 6.07) is 0. The van der Waals surface area contributed by atoms with Crippen LogP contribution in [-0.4, -0.2) is 24.9 Å². The maximum absolute atomic E-state index is 12.7. The normalized spacial score (nSPS) is 13.2. The van der Waals surface area contributed by atoms with E-state index in [9.17, 15) is 9.59 Å². The quantitative estimate of drug-likeness (QED) is 0.0614. The second kappa shape index (κ2) is 41.1. The van der Waals surface area contributed by atoms with E-state index in [1.54, 1.807) is 0 Å². The molecule has 0 bridgehead atoms. The molecule has 0 aromatic carbocycles. The van der Waals surface area contributed by atoms with Crippen molar-refractivity contribution in [3.8, 4) is 0 Å². The third-order valence-corrected chi connectivity index (χ3v) is 11.8. The summed E-state index contributed by atoms with van der Waals surface area (Å²) in [5.41, 5.74) is 0. The molecule has 0 radical (unpaired) electrons. The van der Waals surface area contributed by atoms with E-state index in [1.807, 2.05) is 0 Å². The Balaban J connectivity index is 4.22. The van der Waals surface area contributed by atoms with Gasteiger partial charge in [-0.2, -0.15) is 0 Å². The number of rotatable bonds is 42. The average molecular weight is 733 g/mol. The number of carbonyl (C=O) groups excluding carboxylic acids is 2. The molecule has 0 spiro atoms. The van der Waals surface area contributed by atoms with Gasteiger partial charge in [0.2, 0.25) is 11.8 Å². The highest BCUT2D eigenvalue weighted by atomic mass is 16.2. The third-order valence-electron chi connectivity index (χ3n) is 11.8. The highest BCUT2D eigenvalue weighted by Gasteiger charge is 2.13. The monoisotopic (exact) mass is 733 g/mol. The molecule has 0 aromatic heterocycles. The van der Waals surface area contributed by atoms with Crippen LogP contribution in [0.4, 0.5) is 0 Å². The number of unbranched alkanes of at least 4 members (excludes halogenated alkanes) is 20.